The average molecular weight is 628 g/mol. The van der Waals surface area contributed by atoms with Crippen molar-refractivity contribution in [3.05, 3.63) is 34.9 Å². The van der Waals surface area contributed by atoms with E-state index in [1.165, 1.54) is 12.1 Å². The number of nitrogens with one attached hydrogen (secondary N) is 1. The fourth-order valence-corrected chi connectivity index (χ4v) is 8.35. The van der Waals surface area contributed by atoms with Crippen LogP contribution in [-0.2, 0) is 4.74 Å². The van der Waals surface area contributed by atoms with Gasteiger partial charge >= 0.3 is 6.01 Å². The van der Waals surface area contributed by atoms with Gasteiger partial charge in [-0.3, -0.25) is 4.90 Å². The van der Waals surface area contributed by atoms with Crippen molar-refractivity contribution in [1.82, 2.24) is 25.2 Å². The number of hydrogen-bond acceptors (Lipinski definition) is 10. The number of fused-ring (bicyclic) bond motifs is 6. The Morgan fingerprint density at radius 1 is 1.07 bits per heavy atom. The highest BCUT2D eigenvalue weighted by Gasteiger charge is 2.36. The Kier molecular flexibility index (Phi) is 6.83. The molecule has 4 aromatic rings. The summed E-state index contributed by atoms with van der Waals surface area (Å²) >= 11 is 7.82. The maximum absolute atomic E-state index is 16.7. The number of nitrogen functional groups attached to an aromatic ring is 1. The van der Waals surface area contributed by atoms with Gasteiger partial charge in [-0.1, -0.05) is 22.9 Å². The fraction of sp³-hybridized carbons (Fsp3) is 0.500. The molecule has 13 heteroatoms. The van der Waals surface area contributed by atoms with Crippen molar-refractivity contribution in [3.8, 4) is 17.1 Å². The van der Waals surface area contributed by atoms with Gasteiger partial charge in [0.05, 0.1) is 27.4 Å². The molecule has 8 rings (SSSR count). The van der Waals surface area contributed by atoms with Crippen molar-refractivity contribution in [1.29, 1.82) is 0 Å². The SMILES string of the molecule is C[C@@H](CN1CC2CCC(C1)O2)Oc1nc(N2CC3CCC(C2)N3)c2cc(Cl)c(-c3ccc(F)c4sc(N)nc34)c(F)c2n1. The van der Waals surface area contributed by atoms with Crippen molar-refractivity contribution in [3.63, 3.8) is 0 Å². The van der Waals surface area contributed by atoms with E-state index in [0.717, 1.165) is 63.2 Å². The van der Waals surface area contributed by atoms with Gasteiger partial charge in [0.15, 0.2) is 10.9 Å². The normalized spacial score (nSPS) is 26.1. The van der Waals surface area contributed by atoms with Gasteiger partial charge in [0.25, 0.3) is 0 Å². The number of ether oxygens (including phenoxy) is 2. The molecule has 0 spiro atoms. The maximum atomic E-state index is 16.7. The van der Waals surface area contributed by atoms with Gasteiger partial charge in [0.1, 0.15) is 23.3 Å². The number of hydrogen-bond donors (Lipinski definition) is 2. The number of thiazole rings is 1. The molecule has 2 aromatic heterocycles. The molecule has 6 heterocycles. The lowest BCUT2D eigenvalue weighted by molar-refractivity contribution is -0.0465. The van der Waals surface area contributed by atoms with E-state index in [1.807, 2.05) is 6.92 Å². The molecule has 0 saturated carbocycles. The summed E-state index contributed by atoms with van der Waals surface area (Å²) in [5.41, 5.74) is 6.72. The first-order valence-electron chi connectivity index (χ1n) is 14.9. The van der Waals surface area contributed by atoms with Crippen LogP contribution in [0.1, 0.15) is 32.6 Å². The first-order chi connectivity index (χ1) is 20.8. The summed E-state index contributed by atoms with van der Waals surface area (Å²) in [6.45, 7) is 5.92. The molecule has 43 heavy (non-hydrogen) atoms. The molecule has 4 aliphatic heterocycles. The topological polar surface area (TPSA) is 102 Å². The number of rotatable bonds is 6. The van der Waals surface area contributed by atoms with Gasteiger partial charge in [-0.2, -0.15) is 9.97 Å². The zero-order valence-electron chi connectivity index (χ0n) is 23.7. The fourth-order valence-electron chi connectivity index (χ4n) is 7.29. The quantitative estimate of drug-likeness (QED) is 0.306. The Morgan fingerprint density at radius 2 is 1.81 bits per heavy atom. The smallest absolute Gasteiger partial charge is 0.319 e. The lowest BCUT2D eigenvalue weighted by atomic mass is 10.0. The number of nitrogens with two attached hydrogens (primary N) is 1. The van der Waals surface area contributed by atoms with Crippen molar-refractivity contribution < 1.29 is 18.3 Å². The number of anilines is 2. The minimum Gasteiger partial charge on any atom is -0.459 e. The first-order valence-corrected chi connectivity index (χ1v) is 16.1. The third kappa shape index (κ3) is 4.97. The summed E-state index contributed by atoms with van der Waals surface area (Å²) in [7, 11) is 0. The molecule has 4 bridgehead atoms. The van der Waals surface area contributed by atoms with Crippen LogP contribution >= 0.6 is 22.9 Å². The second-order valence-electron chi connectivity index (χ2n) is 12.2. The first kappa shape index (κ1) is 27.6. The number of aromatic nitrogens is 3. The van der Waals surface area contributed by atoms with Crippen LogP contribution in [-0.4, -0.2) is 83.0 Å². The predicted molar refractivity (Wildman–Crippen MR) is 164 cm³/mol. The highest BCUT2D eigenvalue weighted by molar-refractivity contribution is 7.22. The van der Waals surface area contributed by atoms with Crippen LogP contribution in [0, 0.1) is 11.6 Å². The molecule has 5 atom stereocenters. The van der Waals surface area contributed by atoms with Crippen LogP contribution in [0.15, 0.2) is 18.2 Å². The second kappa shape index (κ2) is 10.6. The molecule has 0 radical (unpaired) electrons. The van der Waals surface area contributed by atoms with Crippen molar-refractivity contribution >= 4 is 55.0 Å². The van der Waals surface area contributed by atoms with E-state index in [-0.39, 0.29) is 55.8 Å². The van der Waals surface area contributed by atoms with Crippen LogP contribution < -0.4 is 20.7 Å². The van der Waals surface area contributed by atoms with E-state index >= 15 is 4.39 Å². The molecule has 4 aliphatic rings. The number of morpholine rings is 1. The molecule has 9 nitrogen and oxygen atoms in total. The van der Waals surface area contributed by atoms with Crippen molar-refractivity contribution in [2.24, 2.45) is 0 Å². The summed E-state index contributed by atoms with van der Waals surface area (Å²) in [6.07, 6.45) is 4.69. The largest absolute Gasteiger partial charge is 0.459 e. The summed E-state index contributed by atoms with van der Waals surface area (Å²) in [5, 5.41) is 4.50. The molecule has 4 fully saturated rings. The van der Waals surface area contributed by atoms with Crippen LogP contribution in [0.5, 0.6) is 6.01 Å². The lowest BCUT2D eigenvalue weighted by Gasteiger charge is -2.35. The zero-order chi connectivity index (χ0) is 29.4. The number of benzene rings is 2. The van der Waals surface area contributed by atoms with E-state index in [2.05, 4.69) is 25.1 Å². The third-order valence-electron chi connectivity index (χ3n) is 9.08. The predicted octanol–water partition coefficient (Wildman–Crippen LogP) is 4.99. The number of nitrogens with zero attached hydrogens (tertiary/aromatic N) is 5. The van der Waals surface area contributed by atoms with Gasteiger partial charge in [0.2, 0.25) is 0 Å². The molecule has 0 aliphatic carbocycles. The number of likely N-dealkylation sites (tertiary alicyclic amines) is 1. The van der Waals surface area contributed by atoms with Crippen LogP contribution in [0.3, 0.4) is 0 Å². The van der Waals surface area contributed by atoms with Crippen LogP contribution in [0.25, 0.3) is 32.2 Å². The molecule has 0 amide bonds. The third-order valence-corrected chi connectivity index (χ3v) is 10.3. The van der Waals surface area contributed by atoms with E-state index in [9.17, 15) is 4.39 Å². The standard InChI is InChI=1S/C30H32ClF2N7O2S/c1-14(9-39-12-17-4-5-18(13-39)42-17)41-30-37-25-20(28(38-30)40-10-15-2-3-16(11-40)35-15)8-21(31)23(24(25)33)19-6-7-22(32)27-26(19)36-29(34)43-27/h6-8,14-18,35H,2-5,9-13H2,1H3,(H2,34,36)/t14-,15?,16?,17?,18?/m0/s1. The minimum absolute atomic E-state index is 0.0947. The van der Waals surface area contributed by atoms with E-state index in [0.29, 0.717) is 35.4 Å². The molecular weight excluding hydrogens is 596 g/mol. The second-order valence-corrected chi connectivity index (χ2v) is 13.7. The minimum atomic E-state index is -0.633. The van der Waals surface area contributed by atoms with Gasteiger partial charge in [-0.05, 0) is 50.8 Å². The molecule has 2 aromatic carbocycles. The maximum Gasteiger partial charge on any atom is 0.319 e. The molecule has 4 saturated heterocycles. The number of piperazine rings is 1. The van der Waals surface area contributed by atoms with Crippen LogP contribution in [0.2, 0.25) is 5.02 Å². The van der Waals surface area contributed by atoms with E-state index in [4.69, 9.17) is 31.8 Å². The molecule has 226 valence electrons. The highest BCUT2D eigenvalue weighted by Crippen LogP contribution is 2.43. The van der Waals surface area contributed by atoms with Crippen LogP contribution in [0.4, 0.5) is 19.7 Å². The van der Waals surface area contributed by atoms with Crippen molar-refractivity contribution in [2.75, 3.05) is 43.4 Å². The Hall–Kier alpha value is -2.90. The monoisotopic (exact) mass is 627 g/mol. The lowest BCUT2D eigenvalue weighted by Crippen LogP contribution is -2.51. The summed E-state index contributed by atoms with van der Waals surface area (Å²) in [6, 6.07) is 5.27. The van der Waals surface area contributed by atoms with Gasteiger partial charge < -0.3 is 25.4 Å². The molecular formula is C30H32ClF2N7O2S. The molecule has 4 unspecified atom stereocenters. The Bertz CT molecular complexity index is 1720. The van der Waals surface area contributed by atoms with Crippen molar-refractivity contribution in [2.45, 2.75) is 63.0 Å². The summed E-state index contributed by atoms with van der Waals surface area (Å²) in [5.74, 6) is -0.503. The van der Waals surface area contributed by atoms with Gasteiger partial charge in [-0.25, -0.2) is 13.8 Å². The summed E-state index contributed by atoms with van der Waals surface area (Å²) in [4.78, 5) is 18.3. The summed E-state index contributed by atoms with van der Waals surface area (Å²) < 4.78 is 43.9. The molecule has 3 N–H and O–H groups in total. The zero-order valence-corrected chi connectivity index (χ0v) is 25.2. The van der Waals surface area contributed by atoms with Gasteiger partial charge in [-0.15, -0.1) is 0 Å². The Morgan fingerprint density at radius 3 is 2.56 bits per heavy atom. The van der Waals surface area contributed by atoms with E-state index < -0.39 is 11.6 Å². The highest BCUT2D eigenvalue weighted by atomic mass is 35.5. The van der Waals surface area contributed by atoms with E-state index in [1.54, 1.807) is 6.07 Å². The Balaban J connectivity index is 1.21. The van der Waals surface area contributed by atoms with Gasteiger partial charge in [0, 0.05) is 61.3 Å². The average Bonchev–Trinajstić information content (AvgIpc) is 3.64. The Labute approximate surface area is 256 Å². The number of halogens is 3.